The van der Waals surface area contributed by atoms with Gasteiger partial charge in [-0.15, -0.1) is 0 Å². The molecule has 1 aliphatic rings. The summed E-state index contributed by atoms with van der Waals surface area (Å²) < 4.78 is 5.15. The molecule has 1 aromatic heterocycles. The van der Waals surface area contributed by atoms with E-state index < -0.39 is 5.60 Å². The number of anilines is 1. The molecular formula is C17H21N3O3. The van der Waals surface area contributed by atoms with Crippen LogP contribution in [-0.2, 0) is 18.4 Å². The first-order chi connectivity index (χ1) is 11.0. The van der Waals surface area contributed by atoms with E-state index in [-0.39, 0.29) is 12.6 Å². The average Bonchev–Trinajstić information content (AvgIpc) is 3.08. The van der Waals surface area contributed by atoms with Crippen LogP contribution in [0.5, 0.6) is 0 Å². The molecule has 6 heteroatoms. The first-order valence-electron chi connectivity index (χ1n) is 7.84. The number of aryl methyl sites for hydroxylation is 3. The molecular weight excluding hydrogens is 294 g/mol. The number of carbonyl (C=O) groups excluding carboxylic acids is 1. The zero-order chi connectivity index (χ0) is 16.4. The van der Waals surface area contributed by atoms with Crippen molar-refractivity contribution >= 4 is 11.7 Å². The summed E-state index contributed by atoms with van der Waals surface area (Å²) in [5.41, 5.74) is 2.27. The number of carbonyl (C=O) groups is 1. The van der Waals surface area contributed by atoms with Gasteiger partial charge in [0.05, 0.1) is 6.54 Å². The van der Waals surface area contributed by atoms with Gasteiger partial charge in [-0.1, -0.05) is 36.3 Å². The van der Waals surface area contributed by atoms with Gasteiger partial charge in [-0.05, 0) is 30.9 Å². The summed E-state index contributed by atoms with van der Waals surface area (Å²) >= 11 is 0. The second-order valence-electron chi connectivity index (χ2n) is 5.92. The number of rotatable bonds is 4. The third kappa shape index (κ3) is 2.94. The van der Waals surface area contributed by atoms with Gasteiger partial charge in [-0.25, -0.2) is 4.79 Å². The lowest BCUT2D eigenvalue weighted by Crippen LogP contribution is -2.41. The minimum absolute atomic E-state index is 0.168. The van der Waals surface area contributed by atoms with Crippen LogP contribution >= 0.6 is 0 Å². The lowest BCUT2D eigenvalue weighted by molar-refractivity contribution is 0.0417. The predicted octanol–water partition coefficient (Wildman–Crippen LogP) is 2.50. The average molecular weight is 315 g/mol. The van der Waals surface area contributed by atoms with Crippen molar-refractivity contribution in [3.63, 3.8) is 0 Å². The van der Waals surface area contributed by atoms with Crippen molar-refractivity contribution < 1.29 is 14.4 Å². The highest BCUT2D eigenvalue weighted by atomic mass is 16.5. The Balaban J connectivity index is 1.65. The molecule has 23 heavy (non-hydrogen) atoms. The van der Waals surface area contributed by atoms with Gasteiger partial charge >= 0.3 is 6.03 Å². The van der Waals surface area contributed by atoms with E-state index >= 15 is 0 Å². The van der Waals surface area contributed by atoms with Gasteiger partial charge in [0.15, 0.2) is 5.76 Å². The van der Waals surface area contributed by atoms with Gasteiger partial charge in [0.2, 0.25) is 0 Å². The summed E-state index contributed by atoms with van der Waals surface area (Å²) in [5, 5.41) is 20.2. The van der Waals surface area contributed by atoms with Crippen LogP contribution < -0.4 is 10.6 Å². The van der Waals surface area contributed by atoms with Gasteiger partial charge in [0.25, 0.3) is 0 Å². The molecule has 0 spiro atoms. The second kappa shape index (κ2) is 6.04. The van der Waals surface area contributed by atoms with Gasteiger partial charge in [0, 0.05) is 6.42 Å². The lowest BCUT2D eigenvalue weighted by atomic mass is 9.96. The third-order valence-corrected chi connectivity index (χ3v) is 4.36. The van der Waals surface area contributed by atoms with E-state index in [1.807, 2.05) is 31.2 Å². The minimum Gasteiger partial charge on any atom is -0.383 e. The van der Waals surface area contributed by atoms with Crippen LogP contribution in [-0.4, -0.2) is 22.8 Å². The van der Waals surface area contributed by atoms with Crippen molar-refractivity contribution in [1.29, 1.82) is 0 Å². The molecule has 3 rings (SSSR count). The molecule has 2 aromatic rings. The first kappa shape index (κ1) is 15.6. The van der Waals surface area contributed by atoms with Gasteiger partial charge in [-0.3, -0.25) is 0 Å². The van der Waals surface area contributed by atoms with E-state index in [9.17, 15) is 9.90 Å². The molecule has 1 aliphatic carbocycles. The SMILES string of the molecule is CCc1onc(C)c1NC(=O)NCC1(O)CCc2ccccc21. The Morgan fingerprint density at radius 3 is 3.00 bits per heavy atom. The largest absolute Gasteiger partial charge is 0.383 e. The van der Waals surface area contributed by atoms with E-state index in [0.717, 1.165) is 17.5 Å². The number of aromatic nitrogens is 1. The first-order valence-corrected chi connectivity index (χ1v) is 7.84. The zero-order valence-corrected chi connectivity index (χ0v) is 13.3. The van der Waals surface area contributed by atoms with Crippen molar-refractivity contribution in [2.75, 3.05) is 11.9 Å². The maximum Gasteiger partial charge on any atom is 0.319 e. The van der Waals surface area contributed by atoms with Gasteiger partial charge in [-0.2, -0.15) is 0 Å². The van der Waals surface area contributed by atoms with E-state index in [1.54, 1.807) is 6.92 Å². The normalized spacial score (nSPS) is 19.4. The van der Waals surface area contributed by atoms with Crippen LogP contribution in [0.25, 0.3) is 0 Å². The molecule has 0 fully saturated rings. The number of hydrogen-bond acceptors (Lipinski definition) is 4. The topological polar surface area (TPSA) is 87.4 Å². The Labute approximate surface area is 134 Å². The van der Waals surface area contributed by atoms with Crippen LogP contribution in [0.15, 0.2) is 28.8 Å². The summed E-state index contributed by atoms with van der Waals surface area (Å²) in [6.45, 7) is 3.88. The Bertz CT molecular complexity index is 726. The summed E-state index contributed by atoms with van der Waals surface area (Å²) in [6.07, 6.45) is 2.08. The smallest absolute Gasteiger partial charge is 0.319 e. The van der Waals surface area contributed by atoms with Crippen LogP contribution in [0.3, 0.4) is 0 Å². The molecule has 122 valence electrons. The fourth-order valence-electron chi connectivity index (χ4n) is 3.05. The van der Waals surface area contributed by atoms with Crippen LogP contribution in [0.2, 0.25) is 0 Å². The molecule has 1 atom stereocenters. The van der Waals surface area contributed by atoms with Crippen LogP contribution in [0.1, 0.15) is 35.9 Å². The Hall–Kier alpha value is -2.34. The number of amides is 2. The lowest BCUT2D eigenvalue weighted by Gasteiger charge is -2.24. The van der Waals surface area contributed by atoms with E-state index in [2.05, 4.69) is 15.8 Å². The monoisotopic (exact) mass is 315 g/mol. The highest BCUT2D eigenvalue weighted by Crippen LogP contribution is 2.36. The van der Waals surface area contributed by atoms with E-state index in [0.29, 0.717) is 30.0 Å². The van der Waals surface area contributed by atoms with Crippen LogP contribution in [0, 0.1) is 6.92 Å². The Morgan fingerprint density at radius 2 is 2.22 bits per heavy atom. The highest BCUT2D eigenvalue weighted by molar-refractivity contribution is 5.90. The van der Waals surface area contributed by atoms with Crippen molar-refractivity contribution in [2.24, 2.45) is 0 Å². The van der Waals surface area contributed by atoms with Crippen molar-refractivity contribution in [3.8, 4) is 0 Å². The molecule has 1 heterocycles. The van der Waals surface area contributed by atoms with Crippen LogP contribution in [0.4, 0.5) is 10.5 Å². The zero-order valence-electron chi connectivity index (χ0n) is 13.3. The molecule has 0 saturated carbocycles. The fourth-order valence-corrected chi connectivity index (χ4v) is 3.05. The number of hydrogen-bond donors (Lipinski definition) is 3. The summed E-state index contributed by atoms with van der Waals surface area (Å²) in [7, 11) is 0. The number of aliphatic hydroxyl groups is 1. The number of fused-ring (bicyclic) bond motifs is 1. The molecule has 0 saturated heterocycles. The van der Waals surface area contributed by atoms with Crippen molar-refractivity contribution in [3.05, 3.63) is 46.8 Å². The van der Waals surface area contributed by atoms with Gasteiger partial charge in [0.1, 0.15) is 17.0 Å². The standard InChI is InChI=1S/C17H21N3O3/c1-3-14-15(11(2)20-23-14)19-16(21)18-10-17(22)9-8-12-6-4-5-7-13(12)17/h4-7,22H,3,8-10H2,1-2H3,(H2,18,19,21). The van der Waals surface area contributed by atoms with E-state index in [4.69, 9.17) is 4.52 Å². The molecule has 3 N–H and O–H groups in total. The number of nitrogens with zero attached hydrogens (tertiary/aromatic N) is 1. The molecule has 1 unspecified atom stereocenters. The molecule has 6 nitrogen and oxygen atoms in total. The molecule has 0 bridgehead atoms. The summed E-state index contributed by atoms with van der Waals surface area (Å²) in [5.74, 6) is 0.641. The van der Waals surface area contributed by atoms with Gasteiger partial charge < -0.3 is 20.3 Å². The number of urea groups is 1. The van der Waals surface area contributed by atoms with E-state index in [1.165, 1.54) is 0 Å². The molecule has 0 aliphatic heterocycles. The number of benzene rings is 1. The number of nitrogens with one attached hydrogen (secondary N) is 2. The fraction of sp³-hybridized carbons (Fsp3) is 0.412. The maximum atomic E-state index is 12.1. The quantitative estimate of drug-likeness (QED) is 0.809. The predicted molar refractivity (Wildman–Crippen MR) is 86.3 cm³/mol. The minimum atomic E-state index is -1.01. The maximum absolute atomic E-state index is 12.1. The summed E-state index contributed by atoms with van der Waals surface area (Å²) in [4.78, 5) is 12.1. The van der Waals surface area contributed by atoms with Crippen molar-refractivity contribution in [1.82, 2.24) is 10.5 Å². The molecule has 0 radical (unpaired) electrons. The highest BCUT2D eigenvalue weighted by Gasteiger charge is 2.36. The molecule has 2 amide bonds. The summed E-state index contributed by atoms with van der Waals surface area (Å²) in [6, 6.07) is 7.43. The van der Waals surface area contributed by atoms with Crippen molar-refractivity contribution in [2.45, 2.75) is 38.7 Å². The second-order valence-corrected chi connectivity index (χ2v) is 5.92. The molecule has 1 aromatic carbocycles. The Kier molecular flexibility index (Phi) is 4.09. The Morgan fingerprint density at radius 1 is 1.43 bits per heavy atom. The third-order valence-electron chi connectivity index (χ3n) is 4.36.